The van der Waals surface area contributed by atoms with Crippen molar-refractivity contribution in [3.8, 4) is 0 Å². The Morgan fingerprint density at radius 1 is 1.35 bits per heavy atom. The second kappa shape index (κ2) is 5.67. The van der Waals surface area contributed by atoms with Gasteiger partial charge in [-0.2, -0.15) is 0 Å². The zero-order valence-electron chi connectivity index (χ0n) is 11.8. The van der Waals surface area contributed by atoms with Crippen molar-refractivity contribution in [1.29, 1.82) is 0 Å². The van der Waals surface area contributed by atoms with Crippen LogP contribution in [-0.4, -0.2) is 37.5 Å². The van der Waals surface area contributed by atoms with Gasteiger partial charge in [0.05, 0.1) is 0 Å². The maximum atomic E-state index is 12.1. The number of hydrogen-bond donors (Lipinski definition) is 1. The number of likely N-dealkylation sites (tertiary alicyclic amines) is 1. The predicted octanol–water partition coefficient (Wildman–Crippen LogP) is 2.50. The third kappa shape index (κ3) is 2.85. The zero-order valence-corrected chi connectivity index (χ0v) is 11.8. The van der Waals surface area contributed by atoms with Crippen molar-refractivity contribution < 1.29 is 9.21 Å². The van der Waals surface area contributed by atoms with E-state index < -0.39 is 0 Å². The van der Waals surface area contributed by atoms with Crippen molar-refractivity contribution in [2.75, 3.05) is 26.7 Å². The van der Waals surface area contributed by atoms with Gasteiger partial charge in [0.1, 0.15) is 5.58 Å². The van der Waals surface area contributed by atoms with Crippen LogP contribution in [0.25, 0.3) is 11.0 Å². The molecule has 2 heterocycles. The third-order valence-electron chi connectivity index (χ3n) is 4.04. The molecular formula is C16H20N2O2. The summed E-state index contributed by atoms with van der Waals surface area (Å²) in [6.45, 7) is 2.97. The number of fused-ring (bicyclic) bond motifs is 1. The van der Waals surface area contributed by atoms with Gasteiger partial charge in [-0.05, 0) is 51.0 Å². The van der Waals surface area contributed by atoms with Gasteiger partial charge in [0.25, 0.3) is 5.91 Å². The lowest BCUT2D eigenvalue weighted by Gasteiger charge is -2.28. The zero-order chi connectivity index (χ0) is 13.9. The minimum atomic E-state index is -0.111. The van der Waals surface area contributed by atoms with Crippen molar-refractivity contribution >= 4 is 16.9 Å². The van der Waals surface area contributed by atoms with Gasteiger partial charge >= 0.3 is 0 Å². The Kier molecular flexibility index (Phi) is 3.74. The smallest absolute Gasteiger partial charge is 0.287 e. The highest BCUT2D eigenvalue weighted by Gasteiger charge is 2.18. The van der Waals surface area contributed by atoms with E-state index in [9.17, 15) is 4.79 Å². The quantitative estimate of drug-likeness (QED) is 0.933. The van der Waals surface area contributed by atoms with Gasteiger partial charge < -0.3 is 14.6 Å². The molecule has 20 heavy (non-hydrogen) atoms. The number of amides is 1. The summed E-state index contributed by atoms with van der Waals surface area (Å²) in [4.78, 5) is 14.4. The first-order valence-corrected chi connectivity index (χ1v) is 7.18. The van der Waals surface area contributed by atoms with Gasteiger partial charge in [0.2, 0.25) is 0 Å². The minimum Gasteiger partial charge on any atom is -0.451 e. The highest BCUT2D eigenvalue weighted by molar-refractivity contribution is 5.96. The molecule has 0 radical (unpaired) electrons. The average molecular weight is 272 g/mol. The van der Waals surface area contributed by atoms with Crippen molar-refractivity contribution in [2.45, 2.75) is 12.8 Å². The third-order valence-corrected chi connectivity index (χ3v) is 4.04. The molecule has 1 aliphatic heterocycles. The van der Waals surface area contributed by atoms with E-state index in [-0.39, 0.29) is 5.91 Å². The molecule has 4 heteroatoms. The van der Waals surface area contributed by atoms with Crippen LogP contribution < -0.4 is 5.32 Å². The van der Waals surface area contributed by atoms with Crippen LogP contribution in [0.3, 0.4) is 0 Å². The number of piperidine rings is 1. The largest absolute Gasteiger partial charge is 0.451 e. The van der Waals surface area contributed by atoms with Crippen LogP contribution in [0.2, 0.25) is 0 Å². The molecule has 0 unspecified atom stereocenters. The molecule has 0 spiro atoms. The van der Waals surface area contributed by atoms with Crippen LogP contribution >= 0.6 is 0 Å². The lowest BCUT2D eigenvalue weighted by atomic mass is 9.97. The number of hydrogen-bond acceptors (Lipinski definition) is 3. The molecule has 0 aliphatic carbocycles. The van der Waals surface area contributed by atoms with E-state index in [0.29, 0.717) is 11.7 Å². The SMILES string of the molecule is CN1CCC(CNC(=O)c2cc3ccccc3o2)CC1. The normalized spacial score (nSPS) is 17.4. The first kappa shape index (κ1) is 13.2. The lowest BCUT2D eigenvalue weighted by Crippen LogP contribution is -2.36. The van der Waals surface area contributed by atoms with Crippen molar-refractivity contribution in [3.63, 3.8) is 0 Å². The van der Waals surface area contributed by atoms with E-state index in [4.69, 9.17) is 4.42 Å². The highest BCUT2D eigenvalue weighted by atomic mass is 16.3. The van der Waals surface area contributed by atoms with Gasteiger partial charge in [-0.15, -0.1) is 0 Å². The first-order chi connectivity index (χ1) is 9.72. The van der Waals surface area contributed by atoms with Gasteiger partial charge in [0, 0.05) is 11.9 Å². The maximum Gasteiger partial charge on any atom is 0.287 e. The molecule has 1 saturated heterocycles. The second-order valence-electron chi connectivity index (χ2n) is 5.61. The summed E-state index contributed by atoms with van der Waals surface area (Å²) in [5.41, 5.74) is 0.761. The van der Waals surface area contributed by atoms with Gasteiger partial charge in [-0.25, -0.2) is 0 Å². The van der Waals surface area contributed by atoms with E-state index in [0.717, 1.165) is 43.4 Å². The molecule has 3 rings (SSSR count). The molecule has 1 amide bonds. The Balaban J connectivity index is 1.59. The topological polar surface area (TPSA) is 45.5 Å². The number of para-hydroxylation sites is 1. The van der Waals surface area contributed by atoms with E-state index in [1.165, 1.54) is 0 Å². The summed E-state index contributed by atoms with van der Waals surface area (Å²) in [5.74, 6) is 0.874. The number of benzene rings is 1. The molecule has 1 aliphatic rings. The van der Waals surface area contributed by atoms with Crippen LogP contribution in [0.15, 0.2) is 34.7 Å². The summed E-state index contributed by atoms with van der Waals surface area (Å²) in [6.07, 6.45) is 2.30. The fourth-order valence-corrected chi connectivity index (χ4v) is 2.68. The fourth-order valence-electron chi connectivity index (χ4n) is 2.68. The van der Waals surface area contributed by atoms with E-state index in [2.05, 4.69) is 17.3 Å². The molecule has 1 aromatic heterocycles. The Morgan fingerprint density at radius 2 is 2.10 bits per heavy atom. The summed E-state index contributed by atoms with van der Waals surface area (Å²) in [7, 11) is 2.14. The number of nitrogens with one attached hydrogen (secondary N) is 1. The predicted molar refractivity (Wildman–Crippen MR) is 78.8 cm³/mol. The van der Waals surface area contributed by atoms with Crippen molar-refractivity contribution in [1.82, 2.24) is 10.2 Å². The molecule has 0 saturated carbocycles. The Labute approximate surface area is 118 Å². The Morgan fingerprint density at radius 3 is 2.85 bits per heavy atom. The summed E-state index contributed by atoms with van der Waals surface area (Å²) >= 11 is 0. The fraction of sp³-hybridized carbons (Fsp3) is 0.438. The van der Waals surface area contributed by atoms with Crippen molar-refractivity contribution in [2.24, 2.45) is 5.92 Å². The molecule has 0 bridgehead atoms. The van der Waals surface area contributed by atoms with Crippen LogP contribution in [0.5, 0.6) is 0 Å². The highest BCUT2D eigenvalue weighted by Crippen LogP contribution is 2.19. The number of nitrogens with zero attached hydrogens (tertiary/aromatic N) is 1. The number of carbonyl (C=O) groups is 1. The molecule has 1 N–H and O–H groups in total. The van der Waals surface area contributed by atoms with E-state index >= 15 is 0 Å². The van der Waals surface area contributed by atoms with Crippen LogP contribution in [-0.2, 0) is 0 Å². The second-order valence-corrected chi connectivity index (χ2v) is 5.61. The first-order valence-electron chi connectivity index (χ1n) is 7.18. The maximum absolute atomic E-state index is 12.1. The molecule has 0 atom stereocenters. The molecule has 1 fully saturated rings. The number of carbonyl (C=O) groups excluding carboxylic acids is 1. The molecular weight excluding hydrogens is 252 g/mol. The van der Waals surface area contributed by atoms with Gasteiger partial charge in [-0.1, -0.05) is 18.2 Å². The summed E-state index contributed by atoms with van der Waals surface area (Å²) < 4.78 is 5.57. The van der Waals surface area contributed by atoms with E-state index in [1.54, 1.807) is 6.07 Å². The van der Waals surface area contributed by atoms with E-state index in [1.807, 2.05) is 24.3 Å². The molecule has 4 nitrogen and oxygen atoms in total. The number of rotatable bonds is 3. The number of furan rings is 1. The van der Waals surface area contributed by atoms with Crippen LogP contribution in [0.1, 0.15) is 23.4 Å². The molecule has 106 valence electrons. The molecule has 2 aromatic rings. The molecule has 1 aromatic carbocycles. The summed E-state index contributed by atoms with van der Waals surface area (Å²) in [6, 6.07) is 9.49. The van der Waals surface area contributed by atoms with Gasteiger partial charge in [0.15, 0.2) is 5.76 Å². The monoisotopic (exact) mass is 272 g/mol. The van der Waals surface area contributed by atoms with Crippen LogP contribution in [0, 0.1) is 5.92 Å². The van der Waals surface area contributed by atoms with Crippen LogP contribution in [0.4, 0.5) is 0 Å². The average Bonchev–Trinajstić information content (AvgIpc) is 2.90. The summed E-state index contributed by atoms with van der Waals surface area (Å²) in [5, 5.41) is 3.96. The minimum absolute atomic E-state index is 0.111. The van der Waals surface area contributed by atoms with Crippen molar-refractivity contribution in [3.05, 3.63) is 36.1 Å². The standard InChI is InChI=1S/C16H20N2O2/c1-18-8-6-12(7-9-18)11-17-16(19)15-10-13-4-2-3-5-14(13)20-15/h2-5,10,12H,6-9,11H2,1H3,(H,17,19). The Hall–Kier alpha value is -1.81. The Bertz CT molecular complexity index is 564. The van der Waals surface area contributed by atoms with Gasteiger partial charge in [-0.3, -0.25) is 4.79 Å². The lowest BCUT2D eigenvalue weighted by molar-refractivity contribution is 0.0913.